The third kappa shape index (κ3) is 5.11. The van der Waals surface area contributed by atoms with Crippen LogP contribution in [-0.4, -0.2) is 58.0 Å². The molecule has 3 aliphatic rings. The molecule has 40 heavy (non-hydrogen) atoms. The fourth-order valence-electron chi connectivity index (χ4n) is 5.76. The number of pyridine rings is 1. The second-order valence-corrected chi connectivity index (χ2v) is 10.9. The molecule has 8 nitrogen and oxygen atoms in total. The largest absolute Gasteiger partial charge is 0.469 e. The average Bonchev–Trinajstić information content (AvgIpc) is 3.39. The number of allylic oxidation sites excluding steroid dienone is 1. The van der Waals surface area contributed by atoms with Gasteiger partial charge in [-0.3, -0.25) is 9.78 Å². The Hall–Kier alpha value is -4.04. The number of hydrogen-bond donors (Lipinski definition) is 0. The number of nitrogens with zero attached hydrogens (tertiary/aromatic N) is 5. The first-order valence-electron chi connectivity index (χ1n) is 14.0. The highest BCUT2D eigenvalue weighted by molar-refractivity contribution is 5.77. The molecule has 206 valence electrons. The fourth-order valence-corrected chi connectivity index (χ4v) is 5.76. The minimum atomic E-state index is -0.291. The predicted molar refractivity (Wildman–Crippen MR) is 155 cm³/mol. The van der Waals surface area contributed by atoms with E-state index in [2.05, 4.69) is 54.3 Å². The molecule has 8 heteroatoms. The molecule has 6 heterocycles. The number of carbonyl (C=O) groups excluding carboxylic acids is 1. The highest BCUT2D eigenvalue weighted by Crippen LogP contribution is 2.34. The molecule has 0 N–H and O–H groups in total. The van der Waals surface area contributed by atoms with E-state index in [0.717, 1.165) is 89.6 Å². The van der Waals surface area contributed by atoms with Gasteiger partial charge in [-0.1, -0.05) is 36.4 Å². The summed E-state index contributed by atoms with van der Waals surface area (Å²) in [7, 11) is 1.42. The molecule has 0 saturated carbocycles. The SMILES string of the molecule is COC(=O)Cc1c(C)nc2cc3nn2c1N1CCC(C)(CC1)OC/C=C/CCc1ncccc1-c1cccc-3c1. The molecule has 4 aromatic rings. The number of hydrogen-bond acceptors (Lipinski definition) is 7. The molecule has 1 saturated heterocycles. The van der Waals surface area contributed by atoms with Crippen LogP contribution in [-0.2, 0) is 27.1 Å². The molecule has 3 aliphatic heterocycles. The zero-order valence-electron chi connectivity index (χ0n) is 23.4. The molecular weight excluding hydrogens is 502 g/mol. The summed E-state index contributed by atoms with van der Waals surface area (Å²) in [5.74, 6) is 0.616. The number of rotatable bonds is 2. The molecule has 0 atom stereocenters. The Morgan fingerprint density at radius 2 is 1.93 bits per heavy atom. The van der Waals surface area contributed by atoms with Crippen molar-refractivity contribution in [3.8, 4) is 22.4 Å². The van der Waals surface area contributed by atoms with Crippen LogP contribution in [0.5, 0.6) is 0 Å². The maximum atomic E-state index is 12.5. The van der Waals surface area contributed by atoms with Gasteiger partial charge in [0.1, 0.15) is 5.82 Å². The van der Waals surface area contributed by atoms with Crippen molar-refractivity contribution < 1.29 is 14.3 Å². The Morgan fingerprint density at radius 3 is 2.75 bits per heavy atom. The number of esters is 1. The summed E-state index contributed by atoms with van der Waals surface area (Å²) in [5, 5.41) is 5.07. The lowest BCUT2D eigenvalue weighted by atomic mass is 9.93. The van der Waals surface area contributed by atoms with Crippen LogP contribution >= 0.6 is 0 Å². The van der Waals surface area contributed by atoms with Crippen LogP contribution in [0.4, 0.5) is 5.82 Å². The quantitative estimate of drug-likeness (QED) is 0.252. The summed E-state index contributed by atoms with van der Waals surface area (Å²) in [6, 6.07) is 14.6. The average molecular weight is 538 g/mol. The van der Waals surface area contributed by atoms with Crippen LogP contribution in [0.25, 0.3) is 28.0 Å². The highest BCUT2D eigenvalue weighted by atomic mass is 16.5. The van der Waals surface area contributed by atoms with Crippen molar-refractivity contribution in [2.24, 2.45) is 0 Å². The van der Waals surface area contributed by atoms with Crippen LogP contribution in [0.1, 0.15) is 43.1 Å². The van der Waals surface area contributed by atoms with Crippen molar-refractivity contribution >= 4 is 17.4 Å². The van der Waals surface area contributed by atoms with Gasteiger partial charge in [-0.2, -0.15) is 9.61 Å². The second-order valence-electron chi connectivity index (χ2n) is 10.9. The van der Waals surface area contributed by atoms with Gasteiger partial charge in [-0.15, -0.1) is 0 Å². The number of carbonyl (C=O) groups is 1. The normalized spacial score (nSPS) is 17.6. The Balaban J connectivity index is 1.51. The Morgan fingerprint density at radius 1 is 1.10 bits per heavy atom. The third-order valence-corrected chi connectivity index (χ3v) is 8.15. The van der Waals surface area contributed by atoms with Crippen molar-refractivity contribution in [1.82, 2.24) is 19.6 Å². The van der Waals surface area contributed by atoms with Gasteiger partial charge in [0.05, 0.1) is 31.4 Å². The molecule has 7 rings (SSSR count). The van der Waals surface area contributed by atoms with Crippen LogP contribution in [0.15, 0.2) is 60.8 Å². The van der Waals surface area contributed by atoms with E-state index in [4.69, 9.17) is 24.5 Å². The number of benzene rings is 1. The smallest absolute Gasteiger partial charge is 0.310 e. The molecule has 0 spiro atoms. The van der Waals surface area contributed by atoms with E-state index >= 15 is 0 Å². The summed E-state index contributed by atoms with van der Waals surface area (Å²) >= 11 is 0. The summed E-state index contributed by atoms with van der Waals surface area (Å²) < 4.78 is 13.3. The number of methoxy groups -OCH3 is 1. The lowest BCUT2D eigenvalue weighted by Gasteiger charge is -2.40. The van der Waals surface area contributed by atoms with Gasteiger partial charge in [0, 0.05) is 53.4 Å². The van der Waals surface area contributed by atoms with Crippen molar-refractivity contribution in [3.63, 3.8) is 0 Å². The molecule has 6 bridgehead atoms. The minimum absolute atomic E-state index is 0.143. The Kier molecular flexibility index (Phi) is 7.11. The van der Waals surface area contributed by atoms with Gasteiger partial charge in [0.15, 0.2) is 5.65 Å². The molecule has 0 radical (unpaired) electrons. The first-order chi connectivity index (χ1) is 19.4. The maximum absolute atomic E-state index is 12.5. The number of anilines is 1. The summed E-state index contributed by atoms with van der Waals surface area (Å²) in [6.45, 7) is 6.32. The van der Waals surface area contributed by atoms with E-state index in [1.807, 2.05) is 29.8 Å². The van der Waals surface area contributed by atoms with Crippen molar-refractivity contribution in [2.75, 3.05) is 31.7 Å². The number of piperidine rings is 1. The number of ether oxygens (including phenoxy) is 2. The summed E-state index contributed by atoms with van der Waals surface area (Å²) in [6.07, 6.45) is 9.83. The maximum Gasteiger partial charge on any atom is 0.310 e. The van der Waals surface area contributed by atoms with Gasteiger partial charge in [-0.05, 0) is 57.2 Å². The Labute approximate surface area is 234 Å². The first-order valence-corrected chi connectivity index (χ1v) is 14.0. The Bertz CT molecular complexity index is 1580. The third-order valence-electron chi connectivity index (χ3n) is 8.15. The van der Waals surface area contributed by atoms with Crippen molar-refractivity contribution in [3.05, 3.63) is 77.8 Å². The van der Waals surface area contributed by atoms with E-state index in [0.29, 0.717) is 6.61 Å². The van der Waals surface area contributed by atoms with Gasteiger partial charge in [0.25, 0.3) is 0 Å². The number of fused-ring (bicyclic) bond motifs is 6. The van der Waals surface area contributed by atoms with E-state index < -0.39 is 0 Å². The molecule has 1 fully saturated rings. The van der Waals surface area contributed by atoms with Gasteiger partial charge in [-0.25, -0.2) is 4.98 Å². The summed E-state index contributed by atoms with van der Waals surface area (Å²) in [4.78, 5) is 24.4. The minimum Gasteiger partial charge on any atom is -0.469 e. The van der Waals surface area contributed by atoms with E-state index in [1.165, 1.54) is 7.11 Å². The van der Waals surface area contributed by atoms with Gasteiger partial charge in [0.2, 0.25) is 0 Å². The van der Waals surface area contributed by atoms with Crippen molar-refractivity contribution in [2.45, 2.75) is 51.6 Å². The van der Waals surface area contributed by atoms with E-state index in [-0.39, 0.29) is 18.0 Å². The highest BCUT2D eigenvalue weighted by Gasteiger charge is 2.33. The zero-order valence-corrected chi connectivity index (χ0v) is 23.4. The van der Waals surface area contributed by atoms with E-state index in [9.17, 15) is 4.79 Å². The van der Waals surface area contributed by atoms with E-state index in [1.54, 1.807) is 0 Å². The standard InChI is InChI=1S/C32H35N5O3/c1-22-26(20-30(38)39-3)31-36-16-13-32(2,14-17-36)40-18-6-4-5-12-27-25(11-8-15-33-27)23-9-7-10-24(19-23)28-21-29(34-22)37(31)35-28/h4,6-11,15,19,21H,5,12-14,16-18,20H2,1-3H3/b6-4+. The summed E-state index contributed by atoms with van der Waals surface area (Å²) in [5.41, 5.74) is 7.35. The number of aryl methyl sites for hydroxylation is 2. The van der Waals surface area contributed by atoms with Crippen molar-refractivity contribution in [1.29, 1.82) is 0 Å². The predicted octanol–water partition coefficient (Wildman–Crippen LogP) is 5.36. The first kappa shape index (κ1) is 26.2. The van der Waals surface area contributed by atoms with Gasteiger partial charge < -0.3 is 14.4 Å². The van der Waals surface area contributed by atoms with Crippen LogP contribution in [0, 0.1) is 6.92 Å². The fraction of sp³-hybridized carbons (Fsp3) is 0.375. The molecular formula is C32H35N5O3. The lowest BCUT2D eigenvalue weighted by molar-refractivity contribution is -0.139. The lowest BCUT2D eigenvalue weighted by Crippen LogP contribution is -2.45. The molecule has 0 amide bonds. The topological polar surface area (TPSA) is 81.8 Å². The zero-order chi connectivity index (χ0) is 27.7. The van der Waals surface area contributed by atoms with Crippen LogP contribution < -0.4 is 4.90 Å². The van der Waals surface area contributed by atoms with Gasteiger partial charge >= 0.3 is 5.97 Å². The molecule has 0 aliphatic carbocycles. The van der Waals surface area contributed by atoms with Crippen LogP contribution in [0.3, 0.4) is 0 Å². The second kappa shape index (κ2) is 10.8. The van der Waals surface area contributed by atoms with Crippen LogP contribution in [0.2, 0.25) is 0 Å². The number of aromatic nitrogens is 4. The molecule has 0 unspecified atom stereocenters. The monoisotopic (exact) mass is 537 g/mol. The molecule has 1 aromatic carbocycles. The molecule has 3 aromatic heterocycles.